The number of carbonyl (C=O) groups is 1. The molecule has 100 valence electrons. The molecule has 4 heteroatoms. The molecular weight excluding hydrogens is 240 g/mol. The van der Waals surface area contributed by atoms with Gasteiger partial charge in [-0.25, -0.2) is 4.79 Å². The fourth-order valence-corrected chi connectivity index (χ4v) is 1.87. The molecule has 0 aliphatic rings. The highest BCUT2D eigenvalue weighted by atomic mass is 16.6. The molecule has 1 amide bonds. The van der Waals surface area contributed by atoms with E-state index in [4.69, 9.17) is 4.74 Å². The number of hydrogen-bond acceptors (Lipinski definition) is 3. The third-order valence-corrected chi connectivity index (χ3v) is 2.54. The van der Waals surface area contributed by atoms with E-state index in [1.165, 1.54) is 0 Å². The van der Waals surface area contributed by atoms with Gasteiger partial charge < -0.3 is 4.74 Å². The first-order chi connectivity index (χ1) is 8.85. The van der Waals surface area contributed by atoms with E-state index in [2.05, 4.69) is 16.4 Å². The molecule has 0 saturated carbocycles. The standard InChI is InChI=1S/C15H18N2O2/c1-10-7-11-5-6-16-9-12(11)13(8-10)17-14(18)19-15(2,3)4/h5-9H,1-4H3,(H,17,18). The molecule has 0 fully saturated rings. The van der Waals surface area contributed by atoms with Gasteiger partial charge in [-0.3, -0.25) is 10.3 Å². The molecule has 1 N–H and O–H groups in total. The van der Waals surface area contributed by atoms with Crippen LogP contribution in [-0.4, -0.2) is 16.7 Å². The highest BCUT2D eigenvalue weighted by Crippen LogP contribution is 2.25. The fraction of sp³-hybridized carbons (Fsp3) is 0.333. The number of nitrogens with one attached hydrogen (secondary N) is 1. The van der Waals surface area contributed by atoms with Crippen molar-refractivity contribution in [3.8, 4) is 0 Å². The van der Waals surface area contributed by atoms with Crippen molar-refractivity contribution in [2.45, 2.75) is 33.3 Å². The monoisotopic (exact) mass is 258 g/mol. The fourth-order valence-electron chi connectivity index (χ4n) is 1.87. The van der Waals surface area contributed by atoms with Crippen LogP contribution in [0.5, 0.6) is 0 Å². The van der Waals surface area contributed by atoms with Crippen molar-refractivity contribution in [1.82, 2.24) is 4.98 Å². The zero-order chi connectivity index (χ0) is 14.0. The van der Waals surface area contributed by atoms with Gasteiger partial charge in [0.1, 0.15) is 5.60 Å². The van der Waals surface area contributed by atoms with E-state index in [-0.39, 0.29) is 0 Å². The van der Waals surface area contributed by atoms with Crippen molar-refractivity contribution < 1.29 is 9.53 Å². The number of nitrogens with zero attached hydrogens (tertiary/aromatic N) is 1. The summed E-state index contributed by atoms with van der Waals surface area (Å²) in [4.78, 5) is 15.9. The van der Waals surface area contributed by atoms with Gasteiger partial charge in [-0.05, 0) is 50.8 Å². The average molecular weight is 258 g/mol. The predicted molar refractivity (Wildman–Crippen MR) is 76.3 cm³/mol. The molecule has 0 unspecified atom stereocenters. The molecule has 2 aromatic rings. The number of ether oxygens (including phenoxy) is 1. The zero-order valence-corrected chi connectivity index (χ0v) is 11.7. The average Bonchev–Trinajstić information content (AvgIpc) is 2.25. The Bertz CT molecular complexity index is 615. The number of carbonyl (C=O) groups excluding carboxylic acids is 1. The Kier molecular flexibility index (Phi) is 3.42. The lowest BCUT2D eigenvalue weighted by Gasteiger charge is -2.20. The number of aromatic nitrogens is 1. The Labute approximate surface area is 112 Å². The van der Waals surface area contributed by atoms with E-state index in [9.17, 15) is 4.79 Å². The number of rotatable bonds is 1. The second-order valence-corrected chi connectivity index (χ2v) is 5.54. The number of fused-ring (bicyclic) bond motifs is 1. The SMILES string of the molecule is Cc1cc(NC(=O)OC(C)(C)C)c2cnccc2c1. The zero-order valence-electron chi connectivity index (χ0n) is 11.7. The van der Waals surface area contributed by atoms with Crippen LogP contribution in [0.25, 0.3) is 10.8 Å². The van der Waals surface area contributed by atoms with Gasteiger partial charge in [0.05, 0.1) is 5.69 Å². The summed E-state index contributed by atoms with van der Waals surface area (Å²) in [5.41, 5.74) is 1.28. The first-order valence-electron chi connectivity index (χ1n) is 6.19. The predicted octanol–water partition coefficient (Wildman–Crippen LogP) is 3.89. The van der Waals surface area contributed by atoms with E-state index in [1.54, 1.807) is 12.4 Å². The molecule has 2 rings (SSSR count). The molecule has 0 spiro atoms. The first-order valence-corrected chi connectivity index (χ1v) is 6.19. The summed E-state index contributed by atoms with van der Waals surface area (Å²) >= 11 is 0. The highest BCUT2D eigenvalue weighted by molar-refractivity contribution is 6.00. The van der Waals surface area contributed by atoms with Crippen molar-refractivity contribution in [3.05, 3.63) is 36.2 Å². The van der Waals surface area contributed by atoms with Gasteiger partial charge >= 0.3 is 6.09 Å². The Morgan fingerprint density at radius 2 is 2.05 bits per heavy atom. The molecule has 1 aromatic heterocycles. The highest BCUT2D eigenvalue weighted by Gasteiger charge is 2.17. The van der Waals surface area contributed by atoms with Gasteiger partial charge in [-0.2, -0.15) is 0 Å². The van der Waals surface area contributed by atoms with Crippen molar-refractivity contribution in [2.75, 3.05) is 5.32 Å². The van der Waals surface area contributed by atoms with E-state index >= 15 is 0 Å². The van der Waals surface area contributed by atoms with E-state index in [0.717, 1.165) is 22.0 Å². The molecule has 4 nitrogen and oxygen atoms in total. The summed E-state index contributed by atoms with van der Waals surface area (Å²) in [7, 11) is 0. The number of aryl methyl sites for hydroxylation is 1. The molecule has 0 saturated heterocycles. The van der Waals surface area contributed by atoms with Gasteiger partial charge in [0.25, 0.3) is 0 Å². The second-order valence-electron chi connectivity index (χ2n) is 5.54. The van der Waals surface area contributed by atoms with Crippen LogP contribution in [0, 0.1) is 6.92 Å². The Hall–Kier alpha value is -2.10. The van der Waals surface area contributed by atoms with E-state index in [0.29, 0.717) is 0 Å². The Morgan fingerprint density at radius 1 is 1.32 bits per heavy atom. The third-order valence-electron chi connectivity index (χ3n) is 2.54. The molecule has 0 bridgehead atoms. The maximum absolute atomic E-state index is 11.8. The van der Waals surface area contributed by atoms with Gasteiger partial charge in [0, 0.05) is 17.8 Å². The van der Waals surface area contributed by atoms with Crippen LogP contribution in [0.1, 0.15) is 26.3 Å². The summed E-state index contributed by atoms with van der Waals surface area (Å²) in [6, 6.07) is 5.88. The number of hydrogen-bond donors (Lipinski definition) is 1. The van der Waals surface area contributed by atoms with Gasteiger partial charge in [0.2, 0.25) is 0 Å². The number of anilines is 1. The van der Waals surface area contributed by atoms with Crippen LogP contribution < -0.4 is 5.32 Å². The largest absolute Gasteiger partial charge is 0.444 e. The molecule has 1 aromatic carbocycles. The molecule has 19 heavy (non-hydrogen) atoms. The van der Waals surface area contributed by atoms with Crippen LogP contribution in [0.3, 0.4) is 0 Å². The lowest BCUT2D eigenvalue weighted by atomic mass is 10.1. The molecule has 0 aliphatic carbocycles. The maximum Gasteiger partial charge on any atom is 0.412 e. The molecule has 1 heterocycles. The Morgan fingerprint density at radius 3 is 2.74 bits per heavy atom. The molecule has 0 radical (unpaired) electrons. The smallest absolute Gasteiger partial charge is 0.412 e. The number of pyridine rings is 1. The van der Waals surface area contributed by atoms with Crippen molar-refractivity contribution in [3.63, 3.8) is 0 Å². The Balaban J connectivity index is 2.32. The molecular formula is C15H18N2O2. The van der Waals surface area contributed by atoms with Crippen molar-refractivity contribution in [1.29, 1.82) is 0 Å². The second kappa shape index (κ2) is 4.88. The minimum absolute atomic E-state index is 0.455. The normalized spacial score (nSPS) is 11.4. The van der Waals surface area contributed by atoms with E-state index in [1.807, 2.05) is 39.8 Å². The van der Waals surface area contributed by atoms with Crippen LogP contribution in [-0.2, 0) is 4.74 Å². The lowest BCUT2D eigenvalue weighted by Crippen LogP contribution is -2.27. The number of benzene rings is 1. The summed E-state index contributed by atoms with van der Waals surface area (Å²) in [6.07, 6.45) is 3.02. The quantitative estimate of drug-likeness (QED) is 0.844. The van der Waals surface area contributed by atoms with E-state index < -0.39 is 11.7 Å². The van der Waals surface area contributed by atoms with Gasteiger partial charge in [-0.1, -0.05) is 6.07 Å². The third kappa shape index (κ3) is 3.44. The van der Waals surface area contributed by atoms with Crippen molar-refractivity contribution >= 4 is 22.6 Å². The maximum atomic E-state index is 11.8. The summed E-state index contributed by atoms with van der Waals surface area (Å²) in [5.74, 6) is 0. The summed E-state index contributed by atoms with van der Waals surface area (Å²) in [6.45, 7) is 7.49. The minimum atomic E-state index is -0.512. The van der Waals surface area contributed by atoms with Gasteiger partial charge in [0.15, 0.2) is 0 Å². The molecule has 0 atom stereocenters. The molecule has 0 aliphatic heterocycles. The summed E-state index contributed by atoms with van der Waals surface area (Å²) in [5, 5.41) is 4.73. The van der Waals surface area contributed by atoms with Crippen molar-refractivity contribution in [2.24, 2.45) is 0 Å². The van der Waals surface area contributed by atoms with Crippen LogP contribution in [0.2, 0.25) is 0 Å². The number of amides is 1. The van der Waals surface area contributed by atoms with Crippen LogP contribution >= 0.6 is 0 Å². The lowest BCUT2D eigenvalue weighted by molar-refractivity contribution is 0.0636. The topological polar surface area (TPSA) is 51.2 Å². The van der Waals surface area contributed by atoms with Gasteiger partial charge in [-0.15, -0.1) is 0 Å². The minimum Gasteiger partial charge on any atom is -0.444 e. The van der Waals surface area contributed by atoms with Crippen LogP contribution in [0.15, 0.2) is 30.6 Å². The van der Waals surface area contributed by atoms with Crippen LogP contribution in [0.4, 0.5) is 10.5 Å². The summed E-state index contributed by atoms with van der Waals surface area (Å²) < 4.78 is 5.26. The first kappa shape index (κ1) is 13.3.